The fourth-order valence-corrected chi connectivity index (χ4v) is 2.62. The topological polar surface area (TPSA) is 0 Å². The van der Waals surface area contributed by atoms with Gasteiger partial charge in [-0.05, 0) is 25.4 Å². The van der Waals surface area contributed by atoms with Crippen molar-refractivity contribution in [2.75, 3.05) is 12.5 Å². The molecule has 0 aromatic rings. The van der Waals surface area contributed by atoms with Crippen LogP contribution in [0.1, 0.15) is 33.1 Å². The molecule has 0 saturated carbocycles. The van der Waals surface area contributed by atoms with Crippen molar-refractivity contribution in [1.82, 2.24) is 0 Å². The first kappa shape index (κ1) is 11.7. The van der Waals surface area contributed by atoms with E-state index in [0.29, 0.717) is 0 Å². The Hall–Kier alpha value is 0.700. The van der Waals surface area contributed by atoms with E-state index < -0.39 is 0 Å². The van der Waals surface area contributed by atoms with Gasteiger partial charge in [0.05, 0.1) is 0 Å². The number of thioether (sulfide) groups is 2. The Bertz CT molecular complexity index is 83.6. The molecule has 11 heavy (non-hydrogen) atoms. The third-order valence-electron chi connectivity index (χ3n) is 1.94. The highest BCUT2D eigenvalue weighted by Crippen LogP contribution is 2.23. The van der Waals surface area contributed by atoms with Crippen LogP contribution in [0.25, 0.3) is 0 Å². The van der Waals surface area contributed by atoms with E-state index in [4.69, 9.17) is 0 Å². The van der Waals surface area contributed by atoms with Gasteiger partial charge in [-0.3, -0.25) is 0 Å². The van der Waals surface area contributed by atoms with Gasteiger partial charge >= 0.3 is 0 Å². The molecule has 68 valence electrons. The van der Waals surface area contributed by atoms with Crippen LogP contribution >= 0.6 is 23.5 Å². The van der Waals surface area contributed by atoms with Gasteiger partial charge in [0, 0.05) is 10.5 Å². The van der Waals surface area contributed by atoms with Crippen LogP contribution in [0, 0.1) is 0 Å². The van der Waals surface area contributed by atoms with Crippen LogP contribution in [0.2, 0.25) is 0 Å². The van der Waals surface area contributed by atoms with E-state index in [9.17, 15) is 0 Å². The molecule has 0 aliphatic heterocycles. The van der Waals surface area contributed by atoms with Gasteiger partial charge in [-0.1, -0.05) is 20.3 Å². The van der Waals surface area contributed by atoms with E-state index in [1.165, 1.54) is 19.3 Å². The van der Waals surface area contributed by atoms with Gasteiger partial charge in [0.15, 0.2) is 0 Å². The second-order valence-corrected chi connectivity index (χ2v) is 5.34. The van der Waals surface area contributed by atoms with Gasteiger partial charge < -0.3 is 0 Å². The van der Waals surface area contributed by atoms with Crippen LogP contribution in [0.4, 0.5) is 0 Å². The molecule has 2 unspecified atom stereocenters. The molecule has 0 bridgehead atoms. The summed E-state index contributed by atoms with van der Waals surface area (Å²) in [5.74, 6) is 0. The Morgan fingerprint density at radius 1 is 1.18 bits per heavy atom. The number of hydrogen-bond acceptors (Lipinski definition) is 2. The van der Waals surface area contributed by atoms with Gasteiger partial charge in [0.1, 0.15) is 0 Å². The highest BCUT2D eigenvalue weighted by atomic mass is 32.2. The van der Waals surface area contributed by atoms with Gasteiger partial charge in [-0.15, -0.1) is 0 Å². The van der Waals surface area contributed by atoms with Crippen molar-refractivity contribution in [1.29, 1.82) is 0 Å². The van der Waals surface area contributed by atoms with E-state index >= 15 is 0 Å². The van der Waals surface area contributed by atoms with Crippen LogP contribution in [0.3, 0.4) is 0 Å². The smallest absolute Gasteiger partial charge is 0.00546 e. The lowest BCUT2D eigenvalue weighted by Crippen LogP contribution is -2.08. The third-order valence-corrected chi connectivity index (χ3v) is 4.03. The molecule has 0 fully saturated rings. The van der Waals surface area contributed by atoms with Crippen LogP contribution in [0.15, 0.2) is 0 Å². The van der Waals surface area contributed by atoms with E-state index in [0.717, 1.165) is 10.5 Å². The molecule has 2 atom stereocenters. The van der Waals surface area contributed by atoms with Gasteiger partial charge in [-0.2, -0.15) is 23.5 Å². The Kier molecular flexibility index (Phi) is 7.82. The lowest BCUT2D eigenvalue weighted by Gasteiger charge is -2.16. The van der Waals surface area contributed by atoms with Gasteiger partial charge in [0.2, 0.25) is 0 Å². The first-order valence-electron chi connectivity index (χ1n) is 4.30. The summed E-state index contributed by atoms with van der Waals surface area (Å²) in [7, 11) is 0. The van der Waals surface area contributed by atoms with Crippen molar-refractivity contribution in [3.8, 4) is 0 Å². The SMILES string of the molecule is CCCC(CC(C)SC)SC. The second kappa shape index (κ2) is 7.35. The third kappa shape index (κ3) is 5.92. The first-order valence-corrected chi connectivity index (χ1v) is 6.87. The summed E-state index contributed by atoms with van der Waals surface area (Å²) in [5, 5.41) is 1.72. The van der Waals surface area contributed by atoms with Crippen LogP contribution in [-0.4, -0.2) is 23.0 Å². The molecule has 0 aliphatic rings. The Morgan fingerprint density at radius 2 is 1.82 bits per heavy atom. The van der Waals surface area contributed by atoms with Crippen LogP contribution in [0.5, 0.6) is 0 Å². The van der Waals surface area contributed by atoms with Crippen molar-refractivity contribution >= 4 is 23.5 Å². The average Bonchev–Trinajstić information content (AvgIpc) is 2.03. The molecule has 0 nitrogen and oxygen atoms in total. The lowest BCUT2D eigenvalue weighted by atomic mass is 10.1. The summed E-state index contributed by atoms with van der Waals surface area (Å²) in [6, 6.07) is 0. The summed E-state index contributed by atoms with van der Waals surface area (Å²) in [6.45, 7) is 4.59. The zero-order chi connectivity index (χ0) is 8.69. The minimum atomic E-state index is 0.832. The van der Waals surface area contributed by atoms with Gasteiger partial charge in [-0.25, -0.2) is 0 Å². The summed E-state index contributed by atoms with van der Waals surface area (Å²) in [5.41, 5.74) is 0. The standard InChI is InChI=1S/C9H20S2/c1-5-6-9(11-4)7-8(2)10-3/h8-9H,5-7H2,1-4H3. The summed E-state index contributed by atoms with van der Waals surface area (Å²) >= 11 is 4.01. The minimum absolute atomic E-state index is 0.832. The van der Waals surface area contributed by atoms with Crippen LogP contribution in [-0.2, 0) is 0 Å². The zero-order valence-electron chi connectivity index (χ0n) is 8.09. The summed E-state index contributed by atoms with van der Waals surface area (Å²) in [6.07, 6.45) is 8.51. The zero-order valence-corrected chi connectivity index (χ0v) is 9.73. The molecule has 0 heterocycles. The molecule has 0 aromatic carbocycles. The fourth-order valence-electron chi connectivity index (χ4n) is 1.12. The second-order valence-electron chi connectivity index (χ2n) is 2.93. The molecule has 0 N–H and O–H groups in total. The molecule has 0 radical (unpaired) electrons. The maximum atomic E-state index is 2.32. The molecular weight excluding hydrogens is 172 g/mol. The Balaban J connectivity index is 3.49. The van der Waals surface area contributed by atoms with E-state index in [1.54, 1.807) is 0 Å². The summed E-state index contributed by atoms with van der Waals surface area (Å²) in [4.78, 5) is 0. The minimum Gasteiger partial charge on any atom is -0.162 e. The van der Waals surface area contributed by atoms with E-state index in [2.05, 4.69) is 26.4 Å². The molecule has 0 aromatic heterocycles. The predicted molar refractivity (Wildman–Crippen MR) is 59.8 cm³/mol. The van der Waals surface area contributed by atoms with E-state index in [1.807, 2.05) is 23.5 Å². The largest absolute Gasteiger partial charge is 0.162 e. The normalized spacial score (nSPS) is 16.4. The molecule has 0 rings (SSSR count). The molecule has 0 saturated heterocycles. The lowest BCUT2D eigenvalue weighted by molar-refractivity contribution is 0.683. The fraction of sp³-hybridized carbons (Fsp3) is 1.00. The first-order chi connectivity index (χ1) is 5.24. The maximum absolute atomic E-state index is 2.32. The summed E-state index contributed by atoms with van der Waals surface area (Å²) < 4.78 is 0. The van der Waals surface area contributed by atoms with Gasteiger partial charge in [0.25, 0.3) is 0 Å². The predicted octanol–water partition coefficient (Wildman–Crippen LogP) is 3.66. The molecule has 0 amide bonds. The van der Waals surface area contributed by atoms with Crippen LogP contribution < -0.4 is 0 Å². The Morgan fingerprint density at radius 3 is 2.18 bits per heavy atom. The van der Waals surface area contributed by atoms with Crippen molar-refractivity contribution in [3.63, 3.8) is 0 Å². The van der Waals surface area contributed by atoms with Crippen molar-refractivity contribution in [3.05, 3.63) is 0 Å². The average molecular weight is 192 g/mol. The Labute approximate surface area is 79.9 Å². The van der Waals surface area contributed by atoms with Crippen molar-refractivity contribution in [2.45, 2.75) is 43.6 Å². The van der Waals surface area contributed by atoms with Crippen molar-refractivity contribution in [2.24, 2.45) is 0 Å². The molecule has 2 heteroatoms. The number of hydrogen-bond donors (Lipinski definition) is 0. The highest BCUT2D eigenvalue weighted by molar-refractivity contribution is 8.00. The quantitative estimate of drug-likeness (QED) is 0.630. The van der Waals surface area contributed by atoms with E-state index in [-0.39, 0.29) is 0 Å². The monoisotopic (exact) mass is 192 g/mol. The molecular formula is C9H20S2. The molecule has 0 spiro atoms. The maximum Gasteiger partial charge on any atom is 0.00546 e. The number of rotatable bonds is 6. The highest BCUT2D eigenvalue weighted by Gasteiger charge is 2.09. The van der Waals surface area contributed by atoms with Crippen molar-refractivity contribution < 1.29 is 0 Å². The molecule has 0 aliphatic carbocycles.